The fraction of sp³-hybridized carbons (Fsp3) is 0.321. The largest absolute Gasteiger partial charge is 0.462 e. The summed E-state index contributed by atoms with van der Waals surface area (Å²) in [5.41, 5.74) is 4.32. The second-order valence-electron chi connectivity index (χ2n) is 9.04. The smallest absolute Gasteiger partial charge is 0.333 e. The van der Waals surface area contributed by atoms with Gasteiger partial charge in [0.05, 0.1) is 12.5 Å². The van der Waals surface area contributed by atoms with Crippen LogP contribution in [-0.4, -0.2) is 35.8 Å². The highest BCUT2D eigenvalue weighted by atomic mass is 32.2. The average Bonchev–Trinajstić information content (AvgIpc) is 2.84. The second kappa shape index (κ2) is 9.26. The molecule has 0 fully saturated rings. The molecule has 2 aliphatic heterocycles. The molecule has 0 bridgehead atoms. The molecule has 0 saturated carbocycles. The lowest BCUT2D eigenvalue weighted by molar-refractivity contribution is -0.139. The van der Waals surface area contributed by atoms with Gasteiger partial charge in [0, 0.05) is 33.4 Å². The van der Waals surface area contributed by atoms with Gasteiger partial charge in [0.1, 0.15) is 0 Å². The Labute approximate surface area is 203 Å². The molecule has 0 spiro atoms. The topological polar surface area (TPSA) is 63.7 Å². The van der Waals surface area contributed by atoms with Gasteiger partial charge in [0.25, 0.3) is 5.91 Å². The zero-order valence-corrected chi connectivity index (χ0v) is 20.0. The lowest BCUT2D eigenvalue weighted by Crippen LogP contribution is -2.46. The molecule has 2 heterocycles. The molecule has 2 aromatic rings. The minimum absolute atomic E-state index is 0.0878. The Morgan fingerprint density at radius 3 is 2.56 bits per heavy atom. The Kier molecular flexibility index (Phi) is 6.17. The number of hydrogen-bond donors (Lipinski definition) is 0. The molecule has 5 rings (SSSR count). The summed E-state index contributed by atoms with van der Waals surface area (Å²) in [5.74, 6) is -0.988. The van der Waals surface area contributed by atoms with E-state index in [-0.39, 0.29) is 23.7 Å². The van der Waals surface area contributed by atoms with E-state index in [4.69, 9.17) is 4.74 Å². The molecule has 2 aromatic carbocycles. The van der Waals surface area contributed by atoms with Crippen LogP contribution >= 0.6 is 11.8 Å². The van der Waals surface area contributed by atoms with Crippen LogP contribution in [-0.2, 0) is 14.3 Å². The normalized spacial score (nSPS) is 19.5. The van der Waals surface area contributed by atoms with E-state index >= 15 is 0 Å². The number of imide groups is 1. The molecular weight excluding hydrogens is 446 g/mol. The van der Waals surface area contributed by atoms with Crippen molar-refractivity contribution < 1.29 is 19.1 Å². The van der Waals surface area contributed by atoms with Gasteiger partial charge in [0.2, 0.25) is 5.91 Å². The molecule has 0 radical (unpaired) electrons. The minimum Gasteiger partial charge on any atom is -0.462 e. The molecule has 0 saturated heterocycles. The highest BCUT2D eigenvalue weighted by Gasteiger charge is 2.43. The number of rotatable bonds is 8. The second-order valence-corrected chi connectivity index (χ2v) is 10.1. The Morgan fingerprint density at radius 2 is 1.74 bits per heavy atom. The molecule has 6 heteroatoms. The molecule has 1 aliphatic carbocycles. The number of amides is 2. The van der Waals surface area contributed by atoms with Crippen LogP contribution in [0.25, 0.3) is 0 Å². The van der Waals surface area contributed by atoms with Crippen molar-refractivity contribution in [3.8, 4) is 0 Å². The lowest BCUT2D eigenvalue weighted by atomic mass is 9.74. The summed E-state index contributed by atoms with van der Waals surface area (Å²) < 4.78 is 5.11. The predicted molar refractivity (Wildman–Crippen MR) is 131 cm³/mol. The molecule has 3 aliphatic rings. The number of carbonyl (C=O) groups excluding carboxylic acids is 3. The number of allylic oxidation sites excluding steroid dienone is 1. The van der Waals surface area contributed by atoms with Crippen LogP contribution in [0, 0.1) is 0 Å². The van der Waals surface area contributed by atoms with Crippen molar-refractivity contribution in [1.29, 1.82) is 0 Å². The predicted octanol–water partition coefficient (Wildman–Crippen LogP) is 5.60. The third kappa shape index (κ3) is 3.90. The Hall–Kier alpha value is -3.12. The van der Waals surface area contributed by atoms with E-state index in [1.807, 2.05) is 30.3 Å². The summed E-state index contributed by atoms with van der Waals surface area (Å²) in [5, 5.41) is 0. The first-order valence-corrected chi connectivity index (χ1v) is 12.6. The van der Waals surface area contributed by atoms with E-state index in [0.717, 1.165) is 41.7 Å². The van der Waals surface area contributed by atoms with Gasteiger partial charge in [-0.2, -0.15) is 0 Å². The summed E-state index contributed by atoms with van der Waals surface area (Å²) in [6.07, 6.45) is 7.33. The number of ether oxygens (including phenoxy) is 1. The van der Waals surface area contributed by atoms with Gasteiger partial charge in [-0.15, -0.1) is 0 Å². The van der Waals surface area contributed by atoms with Gasteiger partial charge in [-0.25, -0.2) is 4.79 Å². The van der Waals surface area contributed by atoms with Crippen molar-refractivity contribution in [1.82, 2.24) is 4.90 Å². The van der Waals surface area contributed by atoms with Crippen molar-refractivity contribution >= 4 is 29.5 Å². The van der Waals surface area contributed by atoms with E-state index < -0.39 is 5.92 Å². The number of esters is 1. The standard InChI is InChI=1S/C28H27NO4S/c1-17(2)28(32)33-16-8-4-3-7-15-29-26(30)20-12-11-19-18-9-5-6-10-22(18)34-23-14-13-21(27(29)31)24(20)25(19)23/h5-6,9-14,19-20H,1,3-4,7-8,15-16H2,2H3. The minimum atomic E-state index is -0.397. The van der Waals surface area contributed by atoms with E-state index in [1.54, 1.807) is 18.7 Å². The zero-order chi connectivity index (χ0) is 23.8. The summed E-state index contributed by atoms with van der Waals surface area (Å²) in [7, 11) is 0. The summed E-state index contributed by atoms with van der Waals surface area (Å²) in [6, 6.07) is 12.3. The summed E-state index contributed by atoms with van der Waals surface area (Å²) >= 11 is 1.72. The SMILES string of the molecule is C=C(C)C(=O)OCCCCCCN1C(=O)c2ccc3c4c2C(C=CC4c2ccccc2S3)C1=O. The quantitative estimate of drug-likeness (QED) is 0.164. The van der Waals surface area contributed by atoms with Crippen LogP contribution in [0.1, 0.15) is 71.5 Å². The maximum absolute atomic E-state index is 13.4. The number of unbranched alkanes of at least 4 members (excludes halogenated alkanes) is 3. The first-order valence-electron chi connectivity index (χ1n) is 11.8. The molecule has 2 amide bonds. The third-order valence-electron chi connectivity index (χ3n) is 6.70. The van der Waals surface area contributed by atoms with Crippen molar-refractivity contribution in [3.63, 3.8) is 0 Å². The molecule has 2 atom stereocenters. The third-order valence-corrected chi connectivity index (χ3v) is 7.87. The van der Waals surface area contributed by atoms with Crippen molar-refractivity contribution in [2.24, 2.45) is 0 Å². The molecule has 0 N–H and O–H groups in total. The van der Waals surface area contributed by atoms with Crippen LogP contribution in [0.5, 0.6) is 0 Å². The first-order chi connectivity index (χ1) is 16.5. The van der Waals surface area contributed by atoms with Gasteiger partial charge >= 0.3 is 5.97 Å². The first kappa shape index (κ1) is 22.7. The fourth-order valence-electron chi connectivity index (χ4n) is 5.01. The van der Waals surface area contributed by atoms with Crippen LogP contribution in [0.3, 0.4) is 0 Å². The van der Waals surface area contributed by atoms with Crippen LogP contribution in [0.15, 0.2) is 70.5 Å². The summed E-state index contributed by atoms with van der Waals surface area (Å²) in [6.45, 7) is 5.96. The van der Waals surface area contributed by atoms with E-state index in [9.17, 15) is 14.4 Å². The highest BCUT2D eigenvalue weighted by Crippen LogP contribution is 2.53. The van der Waals surface area contributed by atoms with Crippen molar-refractivity contribution in [3.05, 3.63) is 83.0 Å². The Balaban J connectivity index is 1.27. The average molecular weight is 474 g/mol. The number of carbonyl (C=O) groups is 3. The van der Waals surface area contributed by atoms with E-state index in [0.29, 0.717) is 24.3 Å². The van der Waals surface area contributed by atoms with Crippen LogP contribution in [0.2, 0.25) is 0 Å². The number of fused-ring (bicyclic) bond motifs is 2. The number of nitrogens with zero attached hydrogens (tertiary/aromatic N) is 1. The van der Waals surface area contributed by atoms with Gasteiger partial charge in [-0.3, -0.25) is 14.5 Å². The Bertz CT molecular complexity index is 1230. The van der Waals surface area contributed by atoms with Crippen LogP contribution in [0.4, 0.5) is 0 Å². The zero-order valence-electron chi connectivity index (χ0n) is 19.2. The molecule has 2 unspecified atom stereocenters. The van der Waals surface area contributed by atoms with Crippen molar-refractivity contribution in [2.75, 3.05) is 13.2 Å². The number of hydrogen-bond acceptors (Lipinski definition) is 5. The molecule has 174 valence electrons. The van der Waals surface area contributed by atoms with Crippen LogP contribution < -0.4 is 0 Å². The van der Waals surface area contributed by atoms with Gasteiger partial charge in [-0.05, 0) is 61.1 Å². The Morgan fingerprint density at radius 1 is 0.971 bits per heavy atom. The molecule has 0 aromatic heterocycles. The summed E-state index contributed by atoms with van der Waals surface area (Å²) in [4.78, 5) is 41.9. The van der Waals surface area contributed by atoms with E-state index in [2.05, 4.69) is 24.8 Å². The lowest BCUT2D eigenvalue weighted by Gasteiger charge is -2.39. The maximum atomic E-state index is 13.4. The van der Waals surface area contributed by atoms with Gasteiger partial charge in [-0.1, -0.05) is 55.1 Å². The maximum Gasteiger partial charge on any atom is 0.333 e. The molecular formula is C28H27NO4S. The highest BCUT2D eigenvalue weighted by molar-refractivity contribution is 7.99. The fourth-order valence-corrected chi connectivity index (χ4v) is 6.19. The van der Waals surface area contributed by atoms with Gasteiger partial charge in [0.15, 0.2) is 0 Å². The monoisotopic (exact) mass is 473 g/mol. The molecule has 5 nitrogen and oxygen atoms in total. The molecule has 34 heavy (non-hydrogen) atoms. The van der Waals surface area contributed by atoms with Gasteiger partial charge < -0.3 is 4.74 Å². The number of benzene rings is 2. The van der Waals surface area contributed by atoms with E-state index in [1.165, 1.54) is 15.4 Å². The van der Waals surface area contributed by atoms with Crippen molar-refractivity contribution in [2.45, 2.75) is 54.2 Å².